The molecule has 4 aromatic carbocycles. The standard InChI is InChI=1S/C31H20Br2ClN3O4/c1-39-27-15-23(34)13-20(29(27)40-17-18-6-8-21(32)9-7-18)16-35-37-30(36-25-5-3-2-4-24(25)31(37)38)28-14-19-12-22(33)10-11-26(19)41-28/h2-16H,17H2,1H3. The first kappa shape index (κ1) is 27.3. The van der Waals surface area contributed by atoms with E-state index in [0.717, 1.165) is 19.9 Å². The summed E-state index contributed by atoms with van der Waals surface area (Å²) in [4.78, 5) is 18.5. The lowest BCUT2D eigenvalue weighted by Crippen LogP contribution is -2.20. The Morgan fingerprint density at radius 1 is 1.00 bits per heavy atom. The minimum atomic E-state index is -0.352. The first-order valence-corrected chi connectivity index (χ1v) is 14.4. The first-order valence-electron chi connectivity index (χ1n) is 12.4. The Morgan fingerprint density at radius 2 is 1.78 bits per heavy atom. The average Bonchev–Trinajstić information content (AvgIpc) is 3.39. The van der Waals surface area contributed by atoms with Crippen LogP contribution < -0.4 is 15.0 Å². The summed E-state index contributed by atoms with van der Waals surface area (Å²) in [5, 5.41) is 6.28. The molecule has 0 saturated carbocycles. The second kappa shape index (κ2) is 11.5. The summed E-state index contributed by atoms with van der Waals surface area (Å²) < 4.78 is 20.9. The number of methoxy groups -OCH3 is 1. The number of hydrogen-bond acceptors (Lipinski definition) is 6. The third-order valence-corrected chi connectivity index (χ3v) is 7.57. The van der Waals surface area contributed by atoms with Crippen LogP contribution in [0.5, 0.6) is 11.5 Å². The van der Waals surface area contributed by atoms with Gasteiger partial charge in [0.25, 0.3) is 5.56 Å². The topological polar surface area (TPSA) is 78.9 Å². The van der Waals surface area contributed by atoms with Crippen LogP contribution in [0, 0.1) is 0 Å². The number of furan rings is 1. The van der Waals surface area contributed by atoms with Gasteiger partial charge in [-0.3, -0.25) is 4.79 Å². The molecular formula is C31H20Br2ClN3O4. The number of fused-ring (bicyclic) bond motifs is 2. The summed E-state index contributed by atoms with van der Waals surface area (Å²) in [5.41, 5.74) is 2.32. The number of hydrogen-bond donors (Lipinski definition) is 0. The Labute approximate surface area is 256 Å². The third-order valence-electron chi connectivity index (χ3n) is 6.33. The van der Waals surface area contributed by atoms with E-state index in [0.29, 0.717) is 44.3 Å². The van der Waals surface area contributed by atoms with Gasteiger partial charge in [-0.25, -0.2) is 4.98 Å². The SMILES string of the molecule is COc1cc(Cl)cc(C=Nn2c(-c3cc4cc(Br)ccc4o3)nc3ccccc3c2=O)c1OCc1ccc(Br)cc1. The molecule has 0 fully saturated rings. The van der Waals surface area contributed by atoms with Crippen LogP contribution in [0.4, 0.5) is 0 Å². The fourth-order valence-corrected chi connectivity index (χ4v) is 5.22. The number of ether oxygens (including phenoxy) is 2. The fraction of sp³-hybridized carbons (Fsp3) is 0.0645. The van der Waals surface area contributed by atoms with Gasteiger partial charge in [-0.2, -0.15) is 9.78 Å². The van der Waals surface area contributed by atoms with Gasteiger partial charge in [-0.1, -0.05) is 67.7 Å². The highest BCUT2D eigenvalue weighted by Gasteiger charge is 2.18. The summed E-state index contributed by atoms with van der Waals surface area (Å²) in [6.45, 7) is 0.281. The first-order chi connectivity index (χ1) is 19.9. The van der Waals surface area contributed by atoms with Gasteiger partial charge in [0.1, 0.15) is 12.2 Å². The van der Waals surface area contributed by atoms with Gasteiger partial charge in [0, 0.05) is 31.0 Å². The molecule has 0 aliphatic heterocycles. The highest BCUT2D eigenvalue weighted by molar-refractivity contribution is 9.10. The van der Waals surface area contributed by atoms with Gasteiger partial charge in [0.05, 0.1) is 24.2 Å². The Balaban J connectivity index is 1.47. The van der Waals surface area contributed by atoms with Gasteiger partial charge >= 0.3 is 0 Å². The Kier molecular flexibility index (Phi) is 7.66. The Bertz CT molecular complexity index is 2000. The van der Waals surface area contributed by atoms with Crippen molar-refractivity contribution in [3.63, 3.8) is 0 Å². The lowest BCUT2D eigenvalue weighted by Gasteiger charge is -2.14. The third kappa shape index (κ3) is 5.66. The number of para-hydroxylation sites is 1. The highest BCUT2D eigenvalue weighted by Crippen LogP contribution is 2.35. The molecule has 0 saturated heterocycles. The van der Waals surface area contributed by atoms with E-state index in [2.05, 4.69) is 37.0 Å². The molecule has 0 spiro atoms. The van der Waals surface area contributed by atoms with E-state index < -0.39 is 0 Å². The van der Waals surface area contributed by atoms with E-state index in [1.54, 1.807) is 30.3 Å². The quantitative estimate of drug-likeness (QED) is 0.157. The zero-order chi connectivity index (χ0) is 28.5. The zero-order valence-corrected chi connectivity index (χ0v) is 25.4. The largest absolute Gasteiger partial charge is 0.493 e. The number of aromatic nitrogens is 2. The van der Waals surface area contributed by atoms with E-state index in [1.165, 1.54) is 18.0 Å². The van der Waals surface area contributed by atoms with Crippen LogP contribution in [-0.2, 0) is 6.61 Å². The maximum atomic E-state index is 13.7. The molecule has 0 amide bonds. The molecule has 0 aliphatic carbocycles. The van der Waals surface area contributed by atoms with Crippen molar-refractivity contribution in [2.24, 2.45) is 5.10 Å². The molecule has 10 heteroatoms. The van der Waals surface area contributed by atoms with Crippen molar-refractivity contribution in [2.75, 3.05) is 7.11 Å². The molecule has 0 N–H and O–H groups in total. The van der Waals surface area contributed by atoms with Crippen molar-refractivity contribution >= 4 is 71.5 Å². The maximum absolute atomic E-state index is 13.7. The molecule has 204 valence electrons. The average molecular weight is 694 g/mol. The van der Waals surface area contributed by atoms with Crippen LogP contribution in [0.1, 0.15) is 11.1 Å². The van der Waals surface area contributed by atoms with Crippen LogP contribution in [0.3, 0.4) is 0 Å². The van der Waals surface area contributed by atoms with Crippen molar-refractivity contribution in [2.45, 2.75) is 6.61 Å². The van der Waals surface area contributed by atoms with Crippen molar-refractivity contribution in [3.8, 4) is 23.1 Å². The summed E-state index contributed by atoms with van der Waals surface area (Å²) in [7, 11) is 1.54. The highest BCUT2D eigenvalue weighted by atomic mass is 79.9. The van der Waals surface area contributed by atoms with E-state index in [9.17, 15) is 4.79 Å². The van der Waals surface area contributed by atoms with Gasteiger partial charge < -0.3 is 13.9 Å². The maximum Gasteiger partial charge on any atom is 0.282 e. The molecular weight excluding hydrogens is 674 g/mol. The monoisotopic (exact) mass is 691 g/mol. The Hall–Kier alpha value is -3.92. The predicted octanol–water partition coefficient (Wildman–Crippen LogP) is 8.46. The summed E-state index contributed by atoms with van der Waals surface area (Å²) >= 11 is 13.3. The molecule has 0 radical (unpaired) electrons. The smallest absolute Gasteiger partial charge is 0.282 e. The van der Waals surface area contributed by atoms with Gasteiger partial charge in [0.15, 0.2) is 17.3 Å². The molecule has 0 bridgehead atoms. The minimum Gasteiger partial charge on any atom is -0.493 e. The fourth-order valence-electron chi connectivity index (χ4n) is 4.36. The van der Waals surface area contributed by atoms with E-state index >= 15 is 0 Å². The zero-order valence-electron chi connectivity index (χ0n) is 21.5. The van der Waals surface area contributed by atoms with Crippen LogP contribution in [0.2, 0.25) is 5.02 Å². The van der Waals surface area contributed by atoms with Crippen LogP contribution in [0.25, 0.3) is 33.5 Å². The molecule has 0 unspecified atom stereocenters. The van der Waals surface area contributed by atoms with E-state index in [-0.39, 0.29) is 18.0 Å². The van der Waals surface area contributed by atoms with Gasteiger partial charge in [-0.15, -0.1) is 0 Å². The summed E-state index contributed by atoms with van der Waals surface area (Å²) in [6, 6.07) is 25.8. The summed E-state index contributed by atoms with van der Waals surface area (Å²) in [6.07, 6.45) is 1.51. The summed E-state index contributed by atoms with van der Waals surface area (Å²) in [5.74, 6) is 1.51. The van der Waals surface area contributed by atoms with Crippen LogP contribution in [-0.4, -0.2) is 23.0 Å². The molecule has 0 atom stereocenters. The second-order valence-corrected chi connectivity index (χ2v) is 11.3. The van der Waals surface area contributed by atoms with Crippen LogP contribution >= 0.6 is 43.5 Å². The molecule has 2 heterocycles. The van der Waals surface area contributed by atoms with Gasteiger partial charge in [0.2, 0.25) is 5.82 Å². The molecule has 7 nitrogen and oxygen atoms in total. The van der Waals surface area contributed by atoms with E-state index in [1.807, 2.05) is 54.6 Å². The number of rotatable bonds is 7. The van der Waals surface area contributed by atoms with Crippen molar-refractivity contribution in [3.05, 3.63) is 120 Å². The van der Waals surface area contributed by atoms with Crippen molar-refractivity contribution in [1.82, 2.24) is 9.66 Å². The number of nitrogens with zero attached hydrogens (tertiary/aromatic N) is 3. The minimum absolute atomic E-state index is 0.253. The molecule has 2 aromatic heterocycles. The normalized spacial score (nSPS) is 11.5. The van der Waals surface area contributed by atoms with Gasteiger partial charge in [-0.05, 0) is 60.2 Å². The molecule has 6 rings (SSSR count). The second-order valence-electron chi connectivity index (χ2n) is 9.05. The molecule has 6 aromatic rings. The van der Waals surface area contributed by atoms with Crippen LogP contribution in [0.15, 0.2) is 108 Å². The predicted molar refractivity (Wildman–Crippen MR) is 168 cm³/mol. The molecule has 0 aliphatic rings. The number of halogens is 3. The van der Waals surface area contributed by atoms with E-state index in [4.69, 9.17) is 30.5 Å². The van der Waals surface area contributed by atoms with Crippen molar-refractivity contribution < 1.29 is 13.9 Å². The Morgan fingerprint density at radius 3 is 2.59 bits per heavy atom. The lowest BCUT2D eigenvalue weighted by atomic mass is 10.2. The molecule has 41 heavy (non-hydrogen) atoms. The van der Waals surface area contributed by atoms with Crippen molar-refractivity contribution in [1.29, 1.82) is 0 Å². The number of benzene rings is 4. The lowest BCUT2D eigenvalue weighted by molar-refractivity contribution is 0.284.